The fourth-order valence-electron chi connectivity index (χ4n) is 4.91. The van der Waals surface area contributed by atoms with Crippen LogP contribution in [0.5, 0.6) is 0 Å². The van der Waals surface area contributed by atoms with Gasteiger partial charge in [0.15, 0.2) is 5.76 Å². The van der Waals surface area contributed by atoms with Gasteiger partial charge in [-0.3, -0.25) is 14.6 Å². The van der Waals surface area contributed by atoms with Crippen molar-refractivity contribution >= 4 is 17.5 Å². The standard InChI is InChI=1S/C22H29N5O3/c1-16-12-19(30-25-16)15-26-10-4-7-22(21(26)29)8-5-11-27(17(22)2)20(28)14-24-18-6-3-9-23-13-18/h3,6,9,12-13,17,24H,4-5,7-8,10-11,14-15H2,1-2H3/t17-,22-/m0/s1. The van der Waals surface area contributed by atoms with Gasteiger partial charge in [0.1, 0.15) is 0 Å². The number of amides is 2. The molecule has 0 saturated carbocycles. The maximum absolute atomic E-state index is 13.6. The van der Waals surface area contributed by atoms with Crippen molar-refractivity contribution < 1.29 is 14.1 Å². The predicted molar refractivity (Wildman–Crippen MR) is 111 cm³/mol. The van der Waals surface area contributed by atoms with Crippen molar-refractivity contribution in [2.24, 2.45) is 5.41 Å². The highest BCUT2D eigenvalue weighted by atomic mass is 16.5. The molecule has 0 aromatic carbocycles. The van der Waals surface area contributed by atoms with Crippen molar-refractivity contribution in [3.05, 3.63) is 42.0 Å². The third kappa shape index (κ3) is 3.91. The van der Waals surface area contributed by atoms with Crippen LogP contribution in [0.2, 0.25) is 0 Å². The van der Waals surface area contributed by atoms with Crippen LogP contribution >= 0.6 is 0 Å². The summed E-state index contributed by atoms with van der Waals surface area (Å²) in [6.07, 6.45) is 6.80. The Kier molecular flexibility index (Phi) is 5.74. The lowest BCUT2D eigenvalue weighted by Crippen LogP contribution is -2.62. The molecule has 4 heterocycles. The summed E-state index contributed by atoms with van der Waals surface area (Å²) >= 11 is 0. The van der Waals surface area contributed by atoms with E-state index in [1.165, 1.54) is 0 Å². The van der Waals surface area contributed by atoms with E-state index < -0.39 is 5.41 Å². The molecule has 2 aliphatic rings. The molecule has 4 rings (SSSR count). The first-order valence-corrected chi connectivity index (χ1v) is 10.6. The van der Waals surface area contributed by atoms with Gasteiger partial charge in [-0.2, -0.15) is 0 Å². The van der Waals surface area contributed by atoms with Crippen LogP contribution in [0.25, 0.3) is 0 Å². The summed E-state index contributed by atoms with van der Waals surface area (Å²) in [6, 6.07) is 5.45. The number of nitrogens with zero attached hydrogens (tertiary/aromatic N) is 4. The summed E-state index contributed by atoms with van der Waals surface area (Å²) in [6.45, 7) is 5.93. The molecule has 1 spiro atoms. The summed E-state index contributed by atoms with van der Waals surface area (Å²) < 4.78 is 5.33. The third-order valence-corrected chi connectivity index (χ3v) is 6.50. The van der Waals surface area contributed by atoms with Gasteiger partial charge in [0.2, 0.25) is 11.8 Å². The number of aryl methyl sites for hydroxylation is 1. The van der Waals surface area contributed by atoms with Crippen LogP contribution < -0.4 is 5.32 Å². The van der Waals surface area contributed by atoms with Gasteiger partial charge >= 0.3 is 0 Å². The zero-order valence-electron chi connectivity index (χ0n) is 17.6. The van der Waals surface area contributed by atoms with Crippen LogP contribution in [0.1, 0.15) is 44.1 Å². The van der Waals surface area contributed by atoms with E-state index in [1.807, 2.05) is 41.8 Å². The SMILES string of the molecule is Cc1cc(CN2CCC[C@@]3(CCCN(C(=O)CNc4cccnc4)[C@H]3C)C2=O)on1. The van der Waals surface area contributed by atoms with Gasteiger partial charge < -0.3 is 19.6 Å². The molecule has 8 nitrogen and oxygen atoms in total. The normalized spacial score (nSPS) is 24.3. The molecular weight excluding hydrogens is 382 g/mol. The Morgan fingerprint density at radius 2 is 2.13 bits per heavy atom. The first-order chi connectivity index (χ1) is 14.5. The molecule has 160 valence electrons. The molecule has 2 fully saturated rings. The van der Waals surface area contributed by atoms with E-state index in [0.717, 1.165) is 37.1 Å². The molecule has 0 aliphatic carbocycles. The summed E-state index contributed by atoms with van der Waals surface area (Å²) in [5, 5.41) is 7.07. The number of likely N-dealkylation sites (tertiary alicyclic amines) is 2. The van der Waals surface area contributed by atoms with E-state index in [4.69, 9.17) is 4.52 Å². The topological polar surface area (TPSA) is 91.6 Å². The maximum atomic E-state index is 13.6. The Labute approximate surface area is 176 Å². The number of pyridine rings is 1. The number of rotatable bonds is 5. The zero-order chi connectivity index (χ0) is 21.1. The van der Waals surface area contributed by atoms with Crippen molar-refractivity contribution in [3.8, 4) is 0 Å². The van der Waals surface area contributed by atoms with Crippen molar-refractivity contribution in [3.63, 3.8) is 0 Å². The fourth-order valence-corrected chi connectivity index (χ4v) is 4.91. The number of piperidine rings is 2. The van der Waals surface area contributed by atoms with Crippen LogP contribution in [-0.2, 0) is 16.1 Å². The maximum Gasteiger partial charge on any atom is 0.242 e. The minimum Gasteiger partial charge on any atom is -0.375 e. The molecule has 8 heteroatoms. The molecular formula is C22H29N5O3. The molecule has 2 aromatic rings. The number of carbonyl (C=O) groups is 2. The number of carbonyl (C=O) groups excluding carboxylic acids is 2. The Morgan fingerprint density at radius 3 is 2.83 bits per heavy atom. The lowest BCUT2D eigenvalue weighted by atomic mass is 9.67. The first-order valence-electron chi connectivity index (χ1n) is 10.6. The van der Waals surface area contributed by atoms with Crippen molar-refractivity contribution in [2.45, 2.75) is 52.1 Å². The van der Waals surface area contributed by atoms with Crippen molar-refractivity contribution in [1.82, 2.24) is 19.9 Å². The van der Waals surface area contributed by atoms with Gasteiger partial charge in [0.05, 0.1) is 29.9 Å². The molecule has 0 radical (unpaired) electrons. The molecule has 0 unspecified atom stereocenters. The molecule has 0 bridgehead atoms. The van der Waals surface area contributed by atoms with E-state index in [2.05, 4.69) is 15.5 Å². The van der Waals surface area contributed by atoms with Gasteiger partial charge in [0, 0.05) is 37.6 Å². The average molecular weight is 412 g/mol. The second kappa shape index (κ2) is 8.45. The van der Waals surface area contributed by atoms with E-state index in [1.54, 1.807) is 12.4 Å². The largest absolute Gasteiger partial charge is 0.375 e. The van der Waals surface area contributed by atoms with Crippen LogP contribution in [-0.4, -0.2) is 57.4 Å². The minimum absolute atomic E-state index is 0.0150. The fraction of sp³-hybridized carbons (Fsp3) is 0.545. The number of nitrogens with one attached hydrogen (secondary N) is 1. The molecule has 2 saturated heterocycles. The highest BCUT2D eigenvalue weighted by Gasteiger charge is 2.52. The Balaban J connectivity index is 1.45. The number of anilines is 1. The Hall–Kier alpha value is -2.90. The molecule has 1 N–H and O–H groups in total. The summed E-state index contributed by atoms with van der Waals surface area (Å²) in [5.74, 6) is 0.851. The average Bonchev–Trinajstić information content (AvgIpc) is 3.17. The van der Waals surface area contributed by atoms with E-state index >= 15 is 0 Å². The van der Waals surface area contributed by atoms with Crippen molar-refractivity contribution in [1.29, 1.82) is 0 Å². The smallest absolute Gasteiger partial charge is 0.242 e. The monoisotopic (exact) mass is 411 g/mol. The molecule has 2 aromatic heterocycles. The first kappa shape index (κ1) is 20.4. The zero-order valence-corrected chi connectivity index (χ0v) is 17.6. The second-order valence-corrected chi connectivity index (χ2v) is 8.38. The Morgan fingerprint density at radius 1 is 1.33 bits per heavy atom. The lowest BCUT2D eigenvalue weighted by molar-refractivity contribution is -0.160. The molecule has 30 heavy (non-hydrogen) atoms. The number of aromatic nitrogens is 2. The van der Waals surface area contributed by atoms with E-state index in [-0.39, 0.29) is 24.4 Å². The number of hydrogen-bond donors (Lipinski definition) is 1. The van der Waals surface area contributed by atoms with Gasteiger partial charge in [-0.1, -0.05) is 5.16 Å². The summed E-state index contributed by atoms with van der Waals surface area (Å²) in [4.78, 5) is 34.4. The quantitative estimate of drug-likeness (QED) is 0.813. The minimum atomic E-state index is -0.518. The van der Waals surface area contributed by atoms with Gasteiger partial charge in [-0.15, -0.1) is 0 Å². The second-order valence-electron chi connectivity index (χ2n) is 8.38. The Bertz CT molecular complexity index is 895. The van der Waals surface area contributed by atoms with Gasteiger partial charge in [0.25, 0.3) is 0 Å². The summed E-state index contributed by atoms with van der Waals surface area (Å²) in [5.41, 5.74) is 1.11. The molecule has 2 amide bonds. The lowest BCUT2D eigenvalue weighted by Gasteiger charge is -2.51. The molecule has 2 aliphatic heterocycles. The molecule has 2 atom stereocenters. The van der Waals surface area contributed by atoms with Gasteiger partial charge in [-0.25, -0.2) is 0 Å². The van der Waals surface area contributed by atoms with Crippen LogP contribution in [0.4, 0.5) is 5.69 Å². The predicted octanol–water partition coefficient (Wildman–Crippen LogP) is 2.61. The van der Waals surface area contributed by atoms with E-state index in [9.17, 15) is 9.59 Å². The van der Waals surface area contributed by atoms with Crippen LogP contribution in [0.15, 0.2) is 35.1 Å². The van der Waals surface area contributed by atoms with Crippen molar-refractivity contribution in [2.75, 3.05) is 25.0 Å². The third-order valence-electron chi connectivity index (χ3n) is 6.50. The number of hydrogen-bond acceptors (Lipinski definition) is 6. The summed E-state index contributed by atoms with van der Waals surface area (Å²) in [7, 11) is 0. The van der Waals surface area contributed by atoms with Crippen LogP contribution in [0, 0.1) is 12.3 Å². The highest BCUT2D eigenvalue weighted by Crippen LogP contribution is 2.44. The van der Waals surface area contributed by atoms with Gasteiger partial charge in [-0.05, 0) is 51.7 Å². The highest BCUT2D eigenvalue weighted by molar-refractivity contribution is 5.87. The van der Waals surface area contributed by atoms with Crippen LogP contribution in [0.3, 0.4) is 0 Å². The van der Waals surface area contributed by atoms with E-state index in [0.29, 0.717) is 25.4 Å².